The van der Waals surface area contributed by atoms with Gasteiger partial charge in [-0.25, -0.2) is 4.39 Å². The van der Waals surface area contributed by atoms with Crippen LogP contribution in [0.5, 0.6) is 0 Å². The fraction of sp³-hybridized carbons (Fsp3) is 0.182. The van der Waals surface area contributed by atoms with Gasteiger partial charge in [0.05, 0.1) is 12.2 Å². The van der Waals surface area contributed by atoms with Crippen molar-refractivity contribution in [3.05, 3.63) is 34.1 Å². The number of methoxy groups -OCH3 is 1. The molecule has 1 heterocycles. The van der Waals surface area contributed by atoms with Crippen LogP contribution in [0.25, 0.3) is 11.3 Å². The molecule has 0 atom stereocenters. The van der Waals surface area contributed by atoms with E-state index >= 15 is 0 Å². The van der Waals surface area contributed by atoms with E-state index in [-0.39, 0.29) is 12.4 Å². The third-order valence-corrected chi connectivity index (χ3v) is 2.66. The molecule has 6 heteroatoms. The Kier molecular flexibility index (Phi) is 3.44. The summed E-state index contributed by atoms with van der Waals surface area (Å²) in [7, 11) is 1.51. The zero-order valence-corrected chi connectivity index (χ0v) is 10.6. The zero-order valence-electron chi connectivity index (χ0n) is 9.04. The fourth-order valence-corrected chi connectivity index (χ4v) is 2.01. The van der Waals surface area contributed by atoms with Crippen molar-refractivity contribution < 1.29 is 13.7 Å². The van der Waals surface area contributed by atoms with Crippen LogP contribution in [0.4, 0.5) is 10.2 Å². The maximum absolute atomic E-state index is 14.1. The standard InChI is InChI=1S/C11H10BrFN2O2/c1-16-5-6-2-7(12)3-8(11(6)13)9-4-10(14)15-17-9/h2-4H,5H2,1H3,(H2,14,15). The Labute approximate surface area is 106 Å². The number of aromatic nitrogens is 1. The van der Waals surface area contributed by atoms with Crippen molar-refractivity contribution in [2.45, 2.75) is 6.61 Å². The number of rotatable bonds is 3. The van der Waals surface area contributed by atoms with Crippen molar-refractivity contribution in [3.8, 4) is 11.3 Å². The average molecular weight is 301 g/mol. The summed E-state index contributed by atoms with van der Waals surface area (Å²) >= 11 is 3.31. The van der Waals surface area contributed by atoms with E-state index in [1.807, 2.05) is 0 Å². The molecule has 2 N–H and O–H groups in total. The van der Waals surface area contributed by atoms with E-state index in [1.54, 1.807) is 12.1 Å². The number of hydrogen-bond acceptors (Lipinski definition) is 4. The molecule has 0 saturated heterocycles. The zero-order chi connectivity index (χ0) is 12.4. The van der Waals surface area contributed by atoms with E-state index in [2.05, 4.69) is 21.1 Å². The van der Waals surface area contributed by atoms with Gasteiger partial charge in [0.1, 0.15) is 5.82 Å². The van der Waals surface area contributed by atoms with Gasteiger partial charge < -0.3 is 15.0 Å². The number of nitrogens with two attached hydrogens (primary N) is 1. The minimum Gasteiger partial charge on any atom is -0.381 e. The predicted molar refractivity (Wildman–Crippen MR) is 64.7 cm³/mol. The van der Waals surface area contributed by atoms with Crippen LogP contribution in [0.3, 0.4) is 0 Å². The molecule has 0 fully saturated rings. The molecule has 0 unspecified atom stereocenters. The molecule has 0 aliphatic heterocycles. The lowest BCUT2D eigenvalue weighted by Gasteiger charge is -2.06. The Morgan fingerprint density at radius 3 is 2.82 bits per heavy atom. The van der Waals surface area contributed by atoms with Gasteiger partial charge in [-0.1, -0.05) is 21.1 Å². The van der Waals surface area contributed by atoms with Crippen LogP contribution >= 0.6 is 15.9 Å². The first-order chi connectivity index (χ1) is 8.11. The van der Waals surface area contributed by atoms with Crippen LogP contribution in [0, 0.1) is 5.82 Å². The van der Waals surface area contributed by atoms with E-state index in [1.165, 1.54) is 13.2 Å². The third kappa shape index (κ3) is 2.48. The Hall–Kier alpha value is -1.40. The lowest BCUT2D eigenvalue weighted by atomic mass is 10.1. The van der Waals surface area contributed by atoms with Gasteiger partial charge in [0, 0.05) is 23.2 Å². The molecule has 0 radical (unpaired) electrons. The highest BCUT2D eigenvalue weighted by Gasteiger charge is 2.15. The summed E-state index contributed by atoms with van der Waals surface area (Å²) in [6, 6.07) is 4.73. The molecule has 0 bridgehead atoms. The lowest BCUT2D eigenvalue weighted by molar-refractivity contribution is 0.181. The van der Waals surface area contributed by atoms with Gasteiger partial charge in [-0.2, -0.15) is 0 Å². The number of anilines is 1. The molecule has 90 valence electrons. The van der Waals surface area contributed by atoms with E-state index < -0.39 is 5.82 Å². The molecule has 0 amide bonds. The van der Waals surface area contributed by atoms with E-state index in [0.29, 0.717) is 16.9 Å². The summed E-state index contributed by atoms with van der Waals surface area (Å²) in [4.78, 5) is 0. The van der Waals surface area contributed by atoms with Crippen molar-refractivity contribution in [1.29, 1.82) is 0 Å². The third-order valence-electron chi connectivity index (χ3n) is 2.21. The summed E-state index contributed by atoms with van der Waals surface area (Å²) in [5.41, 5.74) is 6.18. The quantitative estimate of drug-likeness (QED) is 0.946. The summed E-state index contributed by atoms with van der Waals surface area (Å²) in [6.45, 7) is 0.182. The van der Waals surface area contributed by atoms with E-state index in [0.717, 1.165) is 4.47 Å². The SMILES string of the molecule is COCc1cc(Br)cc(-c2cc(N)no2)c1F. The topological polar surface area (TPSA) is 61.3 Å². The summed E-state index contributed by atoms with van der Waals surface area (Å²) in [5.74, 6) is 0.109. The van der Waals surface area contributed by atoms with E-state index in [4.69, 9.17) is 15.0 Å². The molecule has 0 aliphatic rings. The van der Waals surface area contributed by atoms with Gasteiger partial charge in [-0.3, -0.25) is 0 Å². The smallest absolute Gasteiger partial charge is 0.172 e. The van der Waals surface area contributed by atoms with Gasteiger partial charge in [0.25, 0.3) is 0 Å². The van der Waals surface area contributed by atoms with Crippen LogP contribution in [-0.2, 0) is 11.3 Å². The van der Waals surface area contributed by atoms with Gasteiger partial charge >= 0.3 is 0 Å². The highest BCUT2D eigenvalue weighted by Crippen LogP contribution is 2.30. The van der Waals surface area contributed by atoms with Crippen molar-refractivity contribution in [2.24, 2.45) is 0 Å². The number of ether oxygens (including phenoxy) is 1. The Bertz CT molecular complexity index is 542. The molecular weight excluding hydrogens is 291 g/mol. The second kappa shape index (κ2) is 4.85. The Balaban J connectivity index is 2.53. The predicted octanol–water partition coefficient (Wildman–Crippen LogP) is 2.97. The van der Waals surface area contributed by atoms with Crippen LogP contribution in [0.15, 0.2) is 27.2 Å². The molecule has 0 saturated carbocycles. The molecular formula is C11H10BrFN2O2. The van der Waals surface area contributed by atoms with Crippen molar-refractivity contribution in [3.63, 3.8) is 0 Å². The largest absolute Gasteiger partial charge is 0.381 e. The molecule has 1 aromatic heterocycles. The minimum absolute atomic E-state index is 0.182. The van der Waals surface area contributed by atoms with Crippen LogP contribution < -0.4 is 5.73 Å². The van der Waals surface area contributed by atoms with Crippen LogP contribution in [0.1, 0.15) is 5.56 Å². The Morgan fingerprint density at radius 1 is 1.47 bits per heavy atom. The van der Waals surface area contributed by atoms with Crippen molar-refractivity contribution in [1.82, 2.24) is 5.16 Å². The maximum atomic E-state index is 14.1. The lowest BCUT2D eigenvalue weighted by Crippen LogP contribution is -1.95. The fourth-order valence-electron chi connectivity index (χ4n) is 1.50. The van der Waals surface area contributed by atoms with Crippen LogP contribution in [-0.4, -0.2) is 12.3 Å². The number of nitrogen functional groups attached to an aromatic ring is 1. The highest BCUT2D eigenvalue weighted by molar-refractivity contribution is 9.10. The molecule has 0 aliphatic carbocycles. The van der Waals surface area contributed by atoms with Gasteiger partial charge in [0.15, 0.2) is 11.6 Å². The monoisotopic (exact) mass is 300 g/mol. The van der Waals surface area contributed by atoms with Crippen molar-refractivity contribution >= 4 is 21.7 Å². The number of nitrogens with zero attached hydrogens (tertiary/aromatic N) is 1. The second-order valence-electron chi connectivity index (χ2n) is 3.48. The van der Waals surface area contributed by atoms with Gasteiger partial charge in [0.2, 0.25) is 0 Å². The molecule has 1 aromatic carbocycles. The first-order valence-corrected chi connectivity index (χ1v) is 5.60. The minimum atomic E-state index is -0.397. The first kappa shape index (κ1) is 12.1. The van der Waals surface area contributed by atoms with Gasteiger partial charge in [-0.05, 0) is 12.1 Å². The summed E-state index contributed by atoms with van der Waals surface area (Å²) in [5, 5.41) is 3.53. The molecule has 2 aromatic rings. The van der Waals surface area contributed by atoms with E-state index in [9.17, 15) is 4.39 Å². The number of halogens is 2. The molecule has 0 spiro atoms. The number of hydrogen-bond donors (Lipinski definition) is 1. The average Bonchev–Trinajstić information content (AvgIpc) is 2.70. The summed E-state index contributed by atoms with van der Waals surface area (Å²) < 4.78 is 24.7. The normalized spacial score (nSPS) is 10.8. The maximum Gasteiger partial charge on any atom is 0.172 e. The first-order valence-electron chi connectivity index (χ1n) is 4.81. The van der Waals surface area contributed by atoms with Gasteiger partial charge in [-0.15, -0.1) is 0 Å². The number of benzene rings is 1. The van der Waals surface area contributed by atoms with Crippen molar-refractivity contribution in [2.75, 3.05) is 12.8 Å². The molecule has 2 rings (SSSR count). The second-order valence-corrected chi connectivity index (χ2v) is 4.39. The van der Waals surface area contributed by atoms with Crippen LogP contribution in [0.2, 0.25) is 0 Å². The molecule has 17 heavy (non-hydrogen) atoms. The molecule has 4 nitrogen and oxygen atoms in total. The highest BCUT2D eigenvalue weighted by atomic mass is 79.9. The summed E-state index contributed by atoms with van der Waals surface area (Å²) in [6.07, 6.45) is 0. The Morgan fingerprint density at radius 2 is 2.24 bits per heavy atom.